The van der Waals surface area contributed by atoms with E-state index in [2.05, 4.69) is 17.2 Å². The number of para-hydroxylation sites is 1. The smallest absolute Gasteiger partial charge is 0.312 e. The molecule has 0 aliphatic rings. The summed E-state index contributed by atoms with van der Waals surface area (Å²) in [5, 5.41) is 5.34. The van der Waals surface area contributed by atoms with Crippen LogP contribution in [-0.4, -0.2) is 15.7 Å². The Morgan fingerprint density at radius 1 is 0.969 bits per heavy atom. The Labute approximate surface area is 197 Å². The van der Waals surface area contributed by atoms with E-state index in [-0.39, 0.29) is 5.97 Å². The molecule has 4 aromatic rings. The third-order valence-electron chi connectivity index (χ3n) is 4.90. The maximum absolute atomic E-state index is 12.8. The first kappa shape index (κ1) is 22.2. The van der Waals surface area contributed by atoms with E-state index in [0.29, 0.717) is 17.3 Å². The van der Waals surface area contributed by atoms with Gasteiger partial charge in [-0.25, -0.2) is 0 Å². The molecule has 0 fully saturated rings. The van der Waals surface area contributed by atoms with Gasteiger partial charge in [0.25, 0.3) is 0 Å². The topological polar surface area (TPSA) is 44.1 Å². The van der Waals surface area contributed by atoms with Crippen LogP contribution in [0, 0.1) is 6.92 Å². The number of benzene rings is 3. The van der Waals surface area contributed by atoms with Gasteiger partial charge in [-0.05, 0) is 61.7 Å². The Morgan fingerprint density at radius 3 is 2.31 bits per heavy atom. The number of nitrogens with zero attached hydrogens (tertiary/aromatic N) is 2. The zero-order chi connectivity index (χ0) is 22.3. The molecular weight excluding hydrogens is 440 g/mol. The highest BCUT2D eigenvalue weighted by Crippen LogP contribution is 2.39. The van der Waals surface area contributed by atoms with E-state index in [9.17, 15) is 4.79 Å². The van der Waals surface area contributed by atoms with Crippen LogP contribution in [0.3, 0.4) is 0 Å². The molecule has 0 bridgehead atoms. The number of aryl methyl sites for hydroxylation is 2. The van der Waals surface area contributed by atoms with Crippen molar-refractivity contribution in [1.82, 2.24) is 9.78 Å². The molecule has 4 rings (SSSR count). The first-order chi connectivity index (χ1) is 15.6. The van der Waals surface area contributed by atoms with Crippen molar-refractivity contribution < 1.29 is 9.53 Å². The summed E-state index contributed by atoms with van der Waals surface area (Å²) < 4.78 is 7.60. The molecule has 1 aromatic heterocycles. The molecule has 0 spiro atoms. The monoisotopic (exact) mass is 462 g/mol. The molecule has 0 N–H and O–H groups in total. The number of hydrogen-bond donors (Lipinski definition) is 0. The lowest BCUT2D eigenvalue weighted by molar-refractivity contribution is -0.135. The van der Waals surface area contributed by atoms with Crippen LogP contribution >= 0.6 is 23.4 Å². The summed E-state index contributed by atoms with van der Waals surface area (Å²) in [5.41, 5.74) is 2.84. The Morgan fingerprint density at radius 2 is 1.62 bits per heavy atom. The van der Waals surface area contributed by atoms with Crippen molar-refractivity contribution in [3.8, 4) is 11.6 Å². The number of rotatable bonds is 8. The van der Waals surface area contributed by atoms with Gasteiger partial charge in [-0.2, -0.15) is 9.78 Å². The SMILES string of the molecule is Cc1nn(-c2ccccc2)c(OC(=O)CCCc2ccccc2)c1Sc1ccc(Cl)cc1. The van der Waals surface area contributed by atoms with Crippen LogP contribution in [0.2, 0.25) is 5.02 Å². The van der Waals surface area contributed by atoms with Gasteiger partial charge in [-0.3, -0.25) is 4.79 Å². The van der Waals surface area contributed by atoms with Gasteiger partial charge in [-0.15, -0.1) is 0 Å². The predicted octanol–water partition coefficient (Wildman–Crippen LogP) is 6.91. The largest absolute Gasteiger partial charge is 0.406 e. The second-order valence-electron chi connectivity index (χ2n) is 7.34. The summed E-state index contributed by atoms with van der Waals surface area (Å²) in [6.45, 7) is 1.92. The molecule has 1 heterocycles. The van der Waals surface area contributed by atoms with Crippen LogP contribution in [0.15, 0.2) is 94.7 Å². The van der Waals surface area contributed by atoms with Crippen LogP contribution < -0.4 is 4.74 Å². The molecular formula is C26H23ClN2O2S. The third-order valence-corrected chi connectivity index (χ3v) is 6.33. The highest BCUT2D eigenvalue weighted by molar-refractivity contribution is 7.99. The third kappa shape index (κ3) is 5.61. The average Bonchev–Trinajstić information content (AvgIpc) is 3.11. The van der Waals surface area contributed by atoms with Crippen molar-refractivity contribution in [3.05, 3.63) is 101 Å². The number of ether oxygens (including phenoxy) is 1. The van der Waals surface area contributed by atoms with E-state index in [1.165, 1.54) is 17.3 Å². The van der Waals surface area contributed by atoms with E-state index < -0.39 is 0 Å². The fraction of sp³-hybridized carbons (Fsp3) is 0.154. The number of hydrogen-bond acceptors (Lipinski definition) is 4. The second-order valence-corrected chi connectivity index (χ2v) is 8.86. The lowest BCUT2D eigenvalue weighted by Gasteiger charge is -2.10. The molecule has 0 atom stereocenters. The summed E-state index contributed by atoms with van der Waals surface area (Å²) >= 11 is 7.54. The molecule has 6 heteroatoms. The van der Waals surface area contributed by atoms with Crippen LogP contribution in [0.4, 0.5) is 0 Å². The molecule has 0 aliphatic heterocycles. The molecule has 0 unspecified atom stereocenters. The van der Waals surface area contributed by atoms with Crippen molar-refractivity contribution in [1.29, 1.82) is 0 Å². The Balaban J connectivity index is 1.56. The number of esters is 1. The van der Waals surface area contributed by atoms with Gasteiger partial charge in [0.2, 0.25) is 5.88 Å². The first-order valence-corrected chi connectivity index (χ1v) is 11.6. The van der Waals surface area contributed by atoms with Crippen LogP contribution in [0.1, 0.15) is 24.1 Å². The molecule has 0 saturated carbocycles. The van der Waals surface area contributed by atoms with Gasteiger partial charge >= 0.3 is 5.97 Å². The zero-order valence-electron chi connectivity index (χ0n) is 17.7. The number of carbonyl (C=O) groups excluding carboxylic acids is 1. The van der Waals surface area contributed by atoms with Gasteiger partial charge in [-0.1, -0.05) is 71.9 Å². The van der Waals surface area contributed by atoms with Crippen molar-refractivity contribution in [2.24, 2.45) is 0 Å². The van der Waals surface area contributed by atoms with Gasteiger partial charge in [0, 0.05) is 16.3 Å². The van der Waals surface area contributed by atoms with Crippen LogP contribution in [0.25, 0.3) is 5.69 Å². The quantitative estimate of drug-likeness (QED) is 0.267. The fourth-order valence-electron chi connectivity index (χ4n) is 3.30. The van der Waals surface area contributed by atoms with Crippen LogP contribution in [0.5, 0.6) is 5.88 Å². The number of aromatic nitrogens is 2. The normalized spacial score (nSPS) is 10.8. The molecule has 0 saturated heterocycles. The number of halogens is 1. The lowest BCUT2D eigenvalue weighted by Crippen LogP contribution is -2.12. The zero-order valence-corrected chi connectivity index (χ0v) is 19.3. The molecule has 4 nitrogen and oxygen atoms in total. The highest BCUT2D eigenvalue weighted by atomic mass is 35.5. The molecule has 32 heavy (non-hydrogen) atoms. The minimum atomic E-state index is -0.268. The summed E-state index contributed by atoms with van der Waals surface area (Å²) in [5.74, 6) is 0.175. The first-order valence-electron chi connectivity index (χ1n) is 10.4. The lowest BCUT2D eigenvalue weighted by atomic mass is 10.1. The Kier molecular flexibility index (Phi) is 7.30. The molecule has 3 aromatic carbocycles. The highest BCUT2D eigenvalue weighted by Gasteiger charge is 2.22. The summed E-state index contributed by atoms with van der Waals surface area (Å²) in [6.07, 6.45) is 1.89. The van der Waals surface area contributed by atoms with E-state index >= 15 is 0 Å². The molecule has 0 radical (unpaired) electrons. The van der Waals surface area contributed by atoms with Gasteiger partial charge < -0.3 is 4.74 Å². The fourth-order valence-corrected chi connectivity index (χ4v) is 4.34. The molecule has 0 aliphatic carbocycles. The maximum Gasteiger partial charge on any atom is 0.312 e. The summed E-state index contributed by atoms with van der Waals surface area (Å²) in [7, 11) is 0. The van der Waals surface area contributed by atoms with Crippen molar-refractivity contribution in [2.75, 3.05) is 0 Å². The standard InChI is InChI=1S/C26H23ClN2O2S/c1-19-25(32-23-17-15-21(27)16-18-23)26(29(28-19)22-12-6-3-7-13-22)31-24(30)14-8-11-20-9-4-2-5-10-20/h2-7,9-10,12-13,15-18H,8,11,14H2,1H3. The van der Waals surface area contributed by atoms with Gasteiger partial charge in [0.05, 0.1) is 16.3 Å². The van der Waals surface area contributed by atoms with Gasteiger partial charge in [0.15, 0.2) is 0 Å². The second kappa shape index (κ2) is 10.5. The Bertz CT molecular complexity index is 1180. The molecule has 162 valence electrons. The van der Waals surface area contributed by atoms with Gasteiger partial charge in [0.1, 0.15) is 0 Å². The van der Waals surface area contributed by atoms with Crippen LogP contribution in [-0.2, 0) is 11.2 Å². The van der Waals surface area contributed by atoms with Crippen molar-refractivity contribution >= 4 is 29.3 Å². The minimum absolute atomic E-state index is 0.268. The molecule has 0 amide bonds. The maximum atomic E-state index is 12.8. The Hall–Kier alpha value is -3.02. The van der Waals surface area contributed by atoms with Crippen molar-refractivity contribution in [3.63, 3.8) is 0 Å². The van der Waals surface area contributed by atoms with E-state index in [4.69, 9.17) is 16.3 Å². The van der Waals surface area contributed by atoms with Crippen molar-refractivity contribution in [2.45, 2.75) is 36.0 Å². The predicted molar refractivity (Wildman–Crippen MR) is 129 cm³/mol. The van der Waals surface area contributed by atoms with E-state index in [1.54, 1.807) is 4.68 Å². The number of carbonyl (C=O) groups is 1. The minimum Gasteiger partial charge on any atom is -0.406 e. The summed E-state index contributed by atoms with van der Waals surface area (Å²) in [6, 6.07) is 27.4. The average molecular weight is 463 g/mol. The summed E-state index contributed by atoms with van der Waals surface area (Å²) in [4.78, 5) is 14.6. The van der Waals surface area contributed by atoms with E-state index in [1.807, 2.05) is 79.7 Å². The van der Waals surface area contributed by atoms with E-state index in [0.717, 1.165) is 34.0 Å².